The molecule has 5 heteroatoms. The first-order chi connectivity index (χ1) is 8.28. The summed E-state index contributed by atoms with van der Waals surface area (Å²) in [4.78, 5) is 11.4. The molecule has 0 fully saturated rings. The van der Waals surface area contributed by atoms with Gasteiger partial charge in [0.15, 0.2) is 0 Å². The Morgan fingerprint density at radius 1 is 1.39 bits per heavy atom. The second-order valence-electron chi connectivity index (χ2n) is 4.82. The Balaban J connectivity index is 2.43. The van der Waals surface area contributed by atoms with Gasteiger partial charge >= 0.3 is 0 Å². The van der Waals surface area contributed by atoms with Crippen LogP contribution in [0.15, 0.2) is 18.2 Å². The molecule has 3 nitrogen and oxygen atoms in total. The highest BCUT2D eigenvalue weighted by atomic mass is 19.1. The zero-order chi connectivity index (χ0) is 13.8. The number of carbonyl (C=O) groups excluding carboxylic acids is 1. The Hall–Kier alpha value is -1.49. The van der Waals surface area contributed by atoms with Gasteiger partial charge in [-0.05, 0) is 26.3 Å². The Kier molecular flexibility index (Phi) is 4.78. The molecule has 1 amide bonds. The topological polar surface area (TPSA) is 49.3 Å². The van der Waals surface area contributed by atoms with E-state index in [2.05, 4.69) is 5.32 Å². The van der Waals surface area contributed by atoms with Gasteiger partial charge in [0.1, 0.15) is 11.6 Å². The van der Waals surface area contributed by atoms with Crippen molar-refractivity contribution in [1.82, 2.24) is 5.32 Å². The molecule has 1 rings (SSSR count). The summed E-state index contributed by atoms with van der Waals surface area (Å²) in [5.74, 6) is -1.61. The molecule has 0 unspecified atom stereocenters. The van der Waals surface area contributed by atoms with Crippen LogP contribution in [0.4, 0.5) is 8.78 Å². The third kappa shape index (κ3) is 5.23. The van der Waals surface area contributed by atoms with E-state index < -0.39 is 17.2 Å². The average Bonchev–Trinajstić information content (AvgIpc) is 2.24. The fraction of sp³-hybridized carbons (Fsp3) is 0.462. The summed E-state index contributed by atoms with van der Waals surface area (Å²) in [5, 5.41) is 12.0. The highest BCUT2D eigenvalue weighted by Gasteiger charge is 2.14. The van der Waals surface area contributed by atoms with E-state index in [-0.39, 0.29) is 24.4 Å². The number of benzene rings is 1. The van der Waals surface area contributed by atoms with E-state index in [1.165, 1.54) is 6.07 Å². The van der Waals surface area contributed by atoms with E-state index in [1.807, 2.05) is 0 Å². The lowest BCUT2D eigenvalue weighted by Gasteiger charge is -2.16. The molecule has 1 aromatic rings. The third-order valence-electron chi connectivity index (χ3n) is 2.45. The number of halogens is 2. The molecule has 18 heavy (non-hydrogen) atoms. The zero-order valence-corrected chi connectivity index (χ0v) is 10.5. The smallest absolute Gasteiger partial charge is 0.220 e. The predicted octanol–water partition coefficient (Wildman–Crippen LogP) is 2.13. The first kappa shape index (κ1) is 14.6. The van der Waals surface area contributed by atoms with Crippen LogP contribution in [0.3, 0.4) is 0 Å². The van der Waals surface area contributed by atoms with Gasteiger partial charge in [0.2, 0.25) is 5.91 Å². The number of nitrogens with one attached hydrogen (secondary N) is 1. The maximum atomic E-state index is 13.2. The van der Waals surface area contributed by atoms with Crippen molar-refractivity contribution in [3.63, 3.8) is 0 Å². The minimum atomic E-state index is -0.904. The van der Waals surface area contributed by atoms with Gasteiger partial charge in [0, 0.05) is 24.6 Å². The van der Waals surface area contributed by atoms with Crippen molar-refractivity contribution in [2.45, 2.75) is 38.8 Å². The van der Waals surface area contributed by atoms with E-state index in [0.29, 0.717) is 6.42 Å². The van der Waals surface area contributed by atoms with Gasteiger partial charge in [-0.3, -0.25) is 4.79 Å². The summed E-state index contributed by atoms with van der Waals surface area (Å²) in [7, 11) is 0. The molecule has 0 saturated heterocycles. The number of hydrogen-bond donors (Lipinski definition) is 2. The van der Waals surface area contributed by atoms with Crippen molar-refractivity contribution in [3.8, 4) is 0 Å². The highest BCUT2D eigenvalue weighted by molar-refractivity contribution is 5.75. The molecular formula is C13H17F2NO2. The minimum Gasteiger partial charge on any atom is -0.390 e. The van der Waals surface area contributed by atoms with Crippen LogP contribution in [0.2, 0.25) is 0 Å². The Bertz CT molecular complexity index is 427. The first-order valence-corrected chi connectivity index (χ1v) is 5.71. The molecule has 0 radical (unpaired) electrons. The highest BCUT2D eigenvalue weighted by Crippen LogP contribution is 2.11. The zero-order valence-electron chi connectivity index (χ0n) is 10.5. The second kappa shape index (κ2) is 5.91. The SMILES string of the molecule is CC(C)(O)CCC(=O)NCc1ccc(F)cc1F. The fourth-order valence-corrected chi connectivity index (χ4v) is 1.37. The number of aliphatic hydroxyl groups is 1. The summed E-state index contributed by atoms with van der Waals surface area (Å²) in [5.41, 5.74) is -0.675. The molecule has 0 spiro atoms. The quantitative estimate of drug-likeness (QED) is 0.849. The molecule has 0 atom stereocenters. The van der Waals surface area contributed by atoms with Gasteiger partial charge in [-0.15, -0.1) is 0 Å². The molecule has 0 aromatic heterocycles. The van der Waals surface area contributed by atoms with Gasteiger partial charge in [-0.1, -0.05) is 6.07 Å². The van der Waals surface area contributed by atoms with Crippen molar-refractivity contribution >= 4 is 5.91 Å². The van der Waals surface area contributed by atoms with Gasteiger partial charge in [-0.2, -0.15) is 0 Å². The number of rotatable bonds is 5. The molecule has 0 aliphatic rings. The summed E-state index contributed by atoms with van der Waals surface area (Å²) in [6.07, 6.45) is 0.483. The predicted molar refractivity (Wildman–Crippen MR) is 63.7 cm³/mol. The second-order valence-corrected chi connectivity index (χ2v) is 4.82. The molecule has 0 aliphatic heterocycles. The Labute approximate surface area is 105 Å². The summed E-state index contributed by atoms with van der Waals surface area (Å²) in [6.45, 7) is 3.23. The summed E-state index contributed by atoms with van der Waals surface area (Å²) in [6, 6.07) is 3.21. The molecular weight excluding hydrogens is 240 g/mol. The standard InChI is InChI=1S/C13H17F2NO2/c1-13(2,18)6-5-12(17)16-8-9-3-4-10(14)7-11(9)15/h3-4,7,18H,5-6,8H2,1-2H3,(H,16,17). The molecule has 0 bridgehead atoms. The van der Waals surface area contributed by atoms with E-state index in [4.69, 9.17) is 0 Å². The lowest BCUT2D eigenvalue weighted by atomic mass is 10.0. The van der Waals surface area contributed by atoms with Crippen LogP contribution in [0.1, 0.15) is 32.3 Å². The minimum absolute atomic E-state index is 0.0107. The number of carbonyl (C=O) groups is 1. The largest absolute Gasteiger partial charge is 0.390 e. The Morgan fingerprint density at radius 3 is 2.61 bits per heavy atom. The van der Waals surface area contributed by atoms with E-state index in [0.717, 1.165) is 12.1 Å². The van der Waals surface area contributed by atoms with Crippen LogP contribution in [0.5, 0.6) is 0 Å². The molecule has 100 valence electrons. The Morgan fingerprint density at radius 2 is 2.06 bits per heavy atom. The van der Waals surface area contributed by atoms with Crippen LogP contribution in [-0.4, -0.2) is 16.6 Å². The monoisotopic (exact) mass is 257 g/mol. The molecule has 0 aliphatic carbocycles. The van der Waals surface area contributed by atoms with Crippen LogP contribution in [-0.2, 0) is 11.3 Å². The normalized spacial score (nSPS) is 11.4. The number of hydrogen-bond acceptors (Lipinski definition) is 2. The van der Waals surface area contributed by atoms with Crippen molar-refractivity contribution in [3.05, 3.63) is 35.4 Å². The fourth-order valence-electron chi connectivity index (χ4n) is 1.37. The first-order valence-electron chi connectivity index (χ1n) is 5.71. The maximum Gasteiger partial charge on any atom is 0.220 e. The van der Waals surface area contributed by atoms with Crippen LogP contribution < -0.4 is 5.32 Å². The van der Waals surface area contributed by atoms with Crippen LogP contribution >= 0.6 is 0 Å². The van der Waals surface area contributed by atoms with Gasteiger partial charge < -0.3 is 10.4 Å². The molecule has 2 N–H and O–H groups in total. The van der Waals surface area contributed by atoms with E-state index in [9.17, 15) is 18.7 Å². The molecule has 0 heterocycles. The van der Waals surface area contributed by atoms with E-state index in [1.54, 1.807) is 13.8 Å². The van der Waals surface area contributed by atoms with Crippen molar-refractivity contribution in [2.75, 3.05) is 0 Å². The summed E-state index contributed by atoms with van der Waals surface area (Å²) >= 11 is 0. The van der Waals surface area contributed by atoms with Crippen molar-refractivity contribution in [1.29, 1.82) is 0 Å². The van der Waals surface area contributed by atoms with Crippen molar-refractivity contribution in [2.24, 2.45) is 0 Å². The van der Waals surface area contributed by atoms with Crippen LogP contribution in [0, 0.1) is 11.6 Å². The van der Waals surface area contributed by atoms with Gasteiger partial charge in [0.05, 0.1) is 5.60 Å². The van der Waals surface area contributed by atoms with Crippen LogP contribution in [0.25, 0.3) is 0 Å². The molecule has 1 aromatic carbocycles. The average molecular weight is 257 g/mol. The summed E-state index contributed by atoms with van der Waals surface area (Å²) < 4.78 is 25.9. The van der Waals surface area contributed by atoms with Gasteiger partial charge in [-0.25, -0.2) is 8.78 Å². The number of amides is 1. The third-order valence-corrected chi connectivity index (χ3v) is 2.45. The lowest BCUT2D eigenvalue weighted by Crippen LogP contribution is -2.27. The van der Waals surface area contributed by atoms with Gasteiger partial charge in [0.25, 0.3) is 0 Å². The van der Waals surface area contributed by atoms with Crippen molar-refractivity contribution < 1.29 is 18.7 Å². The molecule has 0 saturated carbocycles. The maximum absolute atomic E-state index is 13.2. The lowest BCUT2D eigenvalue weighted by molar-refractivity contribution is -0.122. The van der Waals surface area contributed by atoms with E-state index >= 15 is 0 Å².